The van der Waals surface area contributed by atoms with Gasteiger partial charge in [-0.25, -0.2) is 15.0 Å². The van der Waals surface area contributed by atoms with Gasteiger partial charge in [0.1, 0.15) is 16.5 Å². The maximum Gasteiger partial charge on any atom is 0.156 e. The molecule has 2 aromatic heterocycles. The summed E-state index contributed by atoms with van der Waals surface area (Å²) in [5.74, 6) is 0. The van der Waals surface area contributed by atoms with E-state index < -0.39 is 0 Å². The van der Waals surface area contributed by atoms with Crippen LogP contribution in [-0.4, -0.2) is 15.0 Å². The van der Waals surface area contributed by atoms with Crippen molar-refractivity contribution in [2.24, 2.45) is 0 Å². The monoisotopic (exact) mass is 285 g/mol. The van der Waals surface area contributed by atoms with Crippen LogP contribution in [-0.2, 0) is 6.42 Å². The minimum Gasteiger partial charge on any atom is -0.235 e. The lowest BCUT2D eigenvalue weighted by atomic mass is 10.2. The van der Waals surface area contributed by atoms with Crippen LogP contribution in [0.1, 0.15) is 24.6 Å². The minimum atomic E-state index is 0.553. The topological polar surface area (TPSA) is 38.7 Å². The van der Waals surface area contributed by atoms with E-state index in [9.17, 15) is 0 Å². The lowest BCUT2D eigenvalue weighted by Crippen LogP contribution is -1.95. The van der Waals surface area contributed by atoms with Gasteiger partial charge in [0.05, 0.1) is 0 Å². The van der Waals surface area contributed by atoms with Crippen LogP contribution in [0.2, 0.25) is 5.15 Å². The summed E-state index contributed by atoms with van der Waals surface area (Å²) in [4.78, 5) is 12.7. The van der Waals surface area contributed by atoms with Crippen LogP contribution in [0.4, 0.5) is 0 Å². The van der Waals surface area contributed by atoms with Crippen LogP contribution in [0.15, 0.2) is 21.1 Å². The second-order valence-corrected chi connectivity index (χ2v) is 6.01. The minimum absolute atomic E-state index is 0.553. The van der Waals surface area contributed by atoms with Crippen molar-refractivity contribution >= 4 is 34.7 Å². The van der Waals surface area contributed by atoms with Gasteiger partial charge in [-0.15, -0.1) is 11.3 Å². The molecule has 0 aromatic carbocycles. The highest BCUT2D eigenvalue weighted by Crippen LogP contribution is 2.33. The van der Waals surface area contributed by atoms with Crippen LogP contribution in [0.25, 0.3) is 0 Å². The van der Waals surface area contributed by atoms with Crippen LogP contribution >= 0.6 is 34.7 Å². The van der Waals surface area contributed by atoms with E-state index in [0.29, 0.717) is 5.15 Å². The number of aromatic nitrogens is 3. The van der Waals surface area contributed by atoms with E-state index in [4.69, 9.17) is 11.6 Å². The molecule has 2 aromatic rings. The van der Waals surface area contributed by atoms with Crippen molar-refractivity contribution in [2.75, 3.05) is 0 Å². The van der Waals surface area contributed by atoms with Gasteiger partial charge in [0.15, 0.2) is 4.34 Å². The zero-order chi connectivity index (χ0) is 12.3. The summed E-state index contributed by atoms with van der Waals surface area (Å²) in [5.41, 5.74) is 2.06. The molecule has 0 aliphatic rings. The highest BCUT2D eigenvalue weighted by atomic mass is 35.5. The second kappa shape index (κ2) is 5.80. The van der Waals surface area contributed by atoms with E-state index in [1.165, 1.54) is 6.33 Å². The predicted molar refractivity (Wildman–Crippen MR) is 72.0 cm³/mol. The van der Waals surface area contributed by atoms with Crippen LogP contribution < -0.4 is 0 Å². The zero-order valence-corrected chi connectivity index (χ0v) is 12.0. The van der Waals surface area contributed by atoms with Gasteiger partial charge in [0, 0.05) is 16.6 Å². The predicted octanol–water partition coefficient (Wildman–Crippen LogP) is 4.00. The van der Waals surface area contributed by atoms with Crippen LogP contribution in [0, 0.1) is 6.92 Å². The first-order chi connectivity index (χ1) is 8.20. The van der Waals surface area contributed by atoms with Gasteiger partial charge in [0.25, 0.3) is 0 Å². The van der Waals surface area contributed by atoms with Gasteiger partial charge in [-0.1, -0.05) is 24.9 Å². The summed E-state index contributed by atoms with van der Waals surface area (Å²) >= 11 is 9.28. The Morgan fingerprint density at radius 2 is 2.24 bits per heavy atom. The van der Waals surface area contributed by atoms with E-state index in [1.54, 1.807) is 23.1 Å². The summed E-state index contributed by atoms with van der Waals surface area (Å²) in [5, 5.41) is 3.50. The third-order valence-corrected chi connectivity index (χ3v) is 4.56. The van der Waals surface area contributed by atoms with E-state index in [2.05, 4.69) is 21.9 Å². The molecule has 0 unspecified atom stereocenters. The lowest BCUT2D eigenvalue weighted by molar-refractivity contribution is 0.855. The van der Waals surface area contributed by atoms with Crippen molar-refractivity contribution in [2.45, 2.75) is 36.1 Å². The molecule has 0 amide bonds. The normalized spacial score (nSPS) is 10.8. The Morgan fingerprint density at radius 3 is 2.88 bits per heavy atom. The molecule has 0 saturated carbocycles. The molecule has 0 N–H and O–H groups in total. The Balaban J connectivity index is 2.28. The molecule has 0 radical (unpaired) electrons. The van der Waals surface area contributed by atoms with E-state index >= 15 is 0 Å². The first-order valence-corrected chi connectivity index (χ1v) is 7.37. The van der Waals surface area contributed by atoms with Crippen molar-refractivity contribution in [3.63, 3.8) is 0 Å². The lowest BCUT2D eigenvalue weighted by Gasteiger charge is -2.06. The summed E-state index contributed by atoms with van der Waals surface area (Å²) in [7, 11) is 0. The van der Waals surface area contributed by atoms with Crippen molar-refractivity contribution in [3.05, 3.63) is 28.1 Å². The molecular formula is C11H12ClN3S2. The number of hydrogen-bond acceptors (Lipinski definition) is 5. The van der Waals surface area contributed by atoms with Crippen LogP contribution in [0.5, 0.6) is 0 Å². The number of hydrogen-bond donors (Lipinski definition) is 0. The quantitative estimate of drug-likeness (QED) is 0.796. The van der Waals surface area contributed by atoms with Gasteiger partial charge in [-0.2, -0.15) is 0 Å². The highest BCUT2D eigenvalue weighted by molar-refractivity contribution is 8.01. The molecule has 0 fully saturated rings. The van der Waals surface area contributed by atoms with Gasteiger partial charge < -0.3 is 0 Å². The summed E-state index contributed by atoms with van der Waals surface area (Å²) in [6, 6.07) is 0. The SMILES string of the molecule is CCCc1c(Cl)ncnc1Sc1nc(C)cs1. The fraction of sp³-hybridized carbons (Fsp3) is 0.364. The molecule has 90 valence electrons. The molecule has 6 heteroatoms. The average Bonchev–Trinajstić information content (AvgIpc) is 2.69. The first kappa shape index (κ1) is 12.8. The largest absolute Gasteiger partial charge is 0.235 e. The van der Waals surface area contributed by atoms with Gasteiger partial charge in [-0.05, 0) is 25.1 Å². The molecule has 2 heterocycles. The van der Waals surface area contributed by atoms with Crippen molar-refractivity contribution in [1.82, 2.24) is 15.0 Å². The number of thiazole rings is 1. The maximum atomic E-state index is 6.10. The molecule has 0 aliphatic heterocycles. The number of nitrogens with zero attached hydrogens (tertiary/aromatic N) is 3. The van der Waals surface area contributed by atoms with E-state index in [0.717, 1.165) is 33.5 Å². The first-order valence-electron chi connectivity index (χ1n) is 5.30. The summed E-state index contributed by atoms with van der Waals surface area (Å²) in [6.45, 7) is 4.10. The van der Waals surface area contributed by atoms with E-state index in [-0.39, 0.29) is 0 Å². The molecule has 2 rings (SSSR count). The Kier molecular flexibility index (Phi) is 4.36. The fourth-order valence-electron chi connectivity index (χ4n) is 1.39. The summed E-state index contributed by atoms with van der Waals surface area (Å²) in [6.07, 6.45) is 3.42. The number of halogens is 1. The smallest absolute Gasteiger partial charge is 0.156 e. The Morgan fingerprint density at radius 1 is 1.41 bits per heavy atom. The number of rotatable bonds is 4. The van der Waals surface area contributed by atoms with Gasteiger partial charge >= 0.3 is 0 Å². The fourth-order valence-corrected chi connectivity index (χ4v) is 3.54. The average molecular weight is 286 g/mol. The molecule has 3 nitrogen and oxygen atoms in total. The third-order valence-electron chi connectivity index (χ3n) is 2.14. The molecule has 0 saturated heterocycles. The maximum absolute atomic E-state index is 6.10. The van der Waals surface area contributed by atoms with Crippen LogP contribution in [0.3, 0.4) is 0 Å². The zero-order valence-electron chi connectivity index (χ0n) is 9.61. The van der Waals surface area contributed by atoms with E-state index in [1.807, 2.05) is 12.3 Å². The molecule has 0 aliphatic carbocycles. The van der Waals surface area contributed by atoms with Gasteiger partial charge in [-0.3, -0.25) is 0 Å². The molecule has 0 atom stereocenters. The second-order valence-electron chi connectivity index (χ2n) is 3.56. The Hall–Kier alpha value is -0.650. The van der Waals surface area contributed by atoms with Crippen molar-refractivity contribution in [1.29, 1.82) is 0 Å². The summed E-state index contributed by atoms with van der Waals surface area (Å²) < 4.78 is 0.995. The molecule has 0 spiro atoms. The highest BCUT2D eigenvalue weighted by Gasteiger charge is 2.12. The van der Waals surface area contributed by atoms with Gasteiger partial charge in [0.2, 0.25) is 0 Å². The molecule has 0 bridgehead atoms. The standard InChI is InChI=1S/C11H12ClN3S2/c1-3-4-8-9(12)13-6-14-10(8)17-11-15-7(2)5-16-11/h5-6H,3-4H2,1-2H3. The van der Waals surface area contributed by atoms with Crippen molar-refractivity contribution in [3.8, 4) is 0 Å². The molecule has 17 heavy (non-hydrogen) atoms. The Labute approximate surface area is 114 Å². The number of aryl methyl sites for hydroxylation is 1. The molecular weight excluding hydrogens is 274 g/mol. The van der Waals surface area contributed by atoms with Crippen molar-refractivity contribution < 1.29 is 0 Å². The third kappa shape index (κ3) is 3.18. The Bertz CT molecular complexity index is 513.